The topological polar surface area (TPSA) is 112 Å². The number of thiophene rings is 1. The molecule has 0 aliphatic carbocycles. The first-order valence-corrected chi connectivity index (χ1v) is 11.2. The van der Waals surface area contributed by atoms with Crippen molar-refractivity contribution in [2.75, 3.05) is 13.1 Å². The van der Waals surface area contributed by atoms with Gasteiger partial charge in [0.2, 0.25) is 0 Å². The molecule has 3 N–H and O–H groups in total. The van der Waals surface area contributed by atoms with Crippen molar-refractivity contribution in [2.24, 2.45) is 0 Å². The molecule has 1 aliphatic heterocycles. The summed E-state index contributed by atoms with van der Waals surface area (Å²) in [5.74, 6) is 0.715. The Morgan fingerprint density at radius 3 is 2.88 bits per heavy atom. The second kappa shape index (κ2) is 7.47. The van der Waals surface area contributed by atoms with E-state index in [-0.39, 0.29) is 5.78 Å². The lowest BCUT2D eigenvalue weighted by atomic mass is 10.0. The summed E-state index contributed by atoms with van der Waals surface area (Å²) in [5.41, 5.74) is 6.20. The second-order valence-electron chi connectivity index (χ2n) is 7.73. The lowest BCUT2D eigenvalue weighted by Gasteiger charge is -2.13. The Morgan fingerprint density at radius 2 is 2.06 bits per heavy atom. The molecule has 0 aromatic carbocycles. The van der Waals surface area contributed by atoms with Crippen molar-refractivity contribution < 1.29 is 4.79 Å². The first kappa shape index (κ1) is 19.0. The number of fused-ring (bicyclic) bond motifs is 2. The first-order valence-electron chi connectivity index (χ1n) is 10.4. The fourth-order valence-corrected chi connectivity index (χ4v) is 4.91. The van der Waals surface area contributed by atoms with Crippen LogP contribution in [-0.2, 0) is 0 Å². The number of carbonyl (C=O) groups excluding carboxylic acids is 1. The predicted octanol–water partition coefficient (Wildman–Crippen LogP) is 4.20. The summed E-state index contributed by atoms with van der Waals surface area (Å²) in [6, 6.07) is 7.74. The van der Waals surface area contributed by atoms with Crippen molar-refractivity contribution in [3.63, 3.8) is 0 Å². The molecule has 5 aromatic heterocycles. The predicted molar refractivity (Wildman–Crippen MR) is 126 cm³/mol. The largest absolute Gasteiger partial charge is 0.336 e. The fraction of sp³-hybridized carbons (Fsp3) is 0.174. The van der Waals surface area contributed by atoms with Crippen LogP contribution in [0.4, 0.5) is 0 Å². The van der Waals surface area contributed by atoms with Crippen LogP contribution in [-0.4, -0.2) is 49.0 Å². The highest BCUT2D eigenvalue weighted by Crippen LogP contribution is 2.34. The van der Waals surface area contributed by atoms with Crippen LogP contribution >= 0.6 is 11.3 Å². The normalized spacial score (nSPS) is 14.2. The Labute approximate surface area is 186 Å². The van der Waals surface area contributed by atoms with Gasteiger partial charge in [-0.15, -0.1) is 11.3 Å². The van der Waals surface area contributed by atoms with Crippen LogP contribution in [0.1, 0.15) is 28.7 Å². The number of hydrogen-bond donors (Lipinski definition) is 3. The van der Waals surface area contributed by atoms with Crippen molar-refractivity contribution in [3.8, 4) is 22.1 Å². The lowest BCUT2D eigenvalue weighted by molar-refractivity contribution is 0.102. The minimum Gasteiger partial charge on any atom is -0.336 e. The van der Waals surface area contributed by atoms with Gasteiger partial charge in [0.1, 0.15) is 16.9 Å². The standard InChI is InChI=1S/C23H19N7OS/c1-12(31)18-2-3-19(32-18)22-21-15(6-9-25-22)27-23(28-21)20-14-10-16(13-4-7-24-8-5-13)26-11-17(14)29-30-20/h2-4,6,9-11,24H,5,7-8H2,1H3,(H,27,28)(H,29,30). The molecule has 32 heavy (non-hydrogen) atoms. The van der Waals surface area contributed by atoms with E-state index in [1.807, 2.05) is 24.4 Å². The van der Waals surface area contributed by atoms with Crippen LogP contribution < -0.4 is 5.32 Å². The molecule has 0 spiro atoms. The van der Waals surface area contributed by atoms with E-state index in [1.165, 1.54) is 16.9 Å². The number of Topliss-reactive ketones (excluding diaryl/α,β-unsaturated/α-hetero) is 1. The van der Waals surface area contributed by atoms with Gasteiger partial charge in [-0.2, -0.15) is 5.10 Å². The van der Waals surface area contributed by atoms with E-state index in [1.54, 1.807) is 13.1 Å². The third-order valence-electron chi connectivity index (χ3n) is 5.65. The molecular formula is C23H19N7OS. The minimum absolute atomic E-state index is 0.0485. The van der Waals surface area contributed by atoms with Gasteiger partial charge in [-0.1, -0.05) is 6.08 Å². The van der Waals surface area contributed by atoms with Gasteiger partial charge in [-0.25, -0.2) is 4.98 Å². The minimum atomic E-state index is 0.0485. The van der Waals surface area contributed by atoms with E-state index in [4.69, 9.17) is 4.98 Å². The molecule has 0 radical (unpaired) electrons. The van der Waals surface area contributed by atoms with Crippen LogP contribution in [0, 0.1) is 0 Å². The lowest BCUT2D eigenvalue weighted by Crippen LogP contribution is -2.20. The number of pyridine rings is 2. The Balaban J connectivity index is 1.47. The molecule has 9 heteroatoms. The number of hydrogen-bond acceptors (Lipinski definition) is 7. The summed E-state index contributed by atoms with van der Waals surface area (Å²) in [6.45, 7) is 3.39. The monoisotopic (exact) mass is 441 g/mol. The van der Waals surface area contributed by atoms with Gasteiger partial charge < -0.3 is 10.3 Å². The van der Waals surface area contributed by atoms with Crippen LogP contribution in [0.25, 0.3) is 49.6 Å². The number of aromatic amines is 2. The molecule has 0 amide bonds. The molecule has 5 aromatic rings. The number of nitrogens with one attached hydrogen (secondary N) is 3. The molecular weight excluding hydrogens is 422 g/mol. The maximum absolute atomic E-state index is 11.7. The van der Waals surface area contributed by atoms with E-state index in [9.17, 15) is 4.79 Å². The summed E-state index contributed by atoms with van der Waals surface area (Å²) in [4.78, 5) is 30.7. The molecule has 0 saturated heterocycles. The second-order valence-corrected chi connectivity index (χ2v) is 8.82. The highest BCUT2D eigenvalue weighted by atomic mass is 32.1. The summed E-state index contributed by atoms with van der Waals surface area (Å²) >= 11 is 1.43. The first-order chi connectivity index (χ1) is 15.7. The van der Waals surface area contributed by atoms with Crippen molar-refractivity contribution >= 4 is 44.6 Å². The zero-order valence-corrected chi connectivity index (χ0v) is 18.1. The smallest absolute Gasteiger partial charge is 0.169 e. The average molecular weight is 442 g/mol. The third kappa shape index (κ3) is 3.14. The number of ketones is 1. The summed E-state index contributed by atoms with van der Waals surface area (Å²) in [7, 11) is 0. The van der Waals surface area contributed by atoms with Crippen LogP contribution in [0.3, 0.4) is 0 Å². The van der Waals surface area contributed by atoms with E-state index < -0.39 is 0 Å². The molecule has 158 valence electrons. The average Bonchev–Trinajstić information content (AvgIpc) is 3.56. The van der Waals surface area contributed by atoms with Crippen LogP contribution in [0.5, 0.6) is 0 Å². The highest BCUT2D eigenvalue weighted by Gasteiger charge is 2.18. The van der Waals surface area contributed by atoms with Gasteiger partial charge in [-0.3, -0.25) is 19.9 Å². The number of imidazole rings is 1. The Bertz CT molecular complexity index is 1520. The zero-order chi connectivity index (χ0) is 21.7. The molecule has 0 unspecified atom stereocenters. The van der Waals surface area contributed by atoms with E-state index >= 15 is 0 Å². The van der Waals surface area contributed by atoms with E-state index in [2.05, 4.69) is 42.6 Å². The molecule has 6 rings (SSSR count). The van der Waals surface area contributed by atoms with Crippen molar-refractivity contribution in [2.45, 2.75) is 13.3 Å². The quantitative estimate of drug-likeness (QED) is 0.360. The molecule has 0 bridgehead atoms. The Morgan fingerprint density at radius 1 is 1.12 bits per heavy atom. The number of rotatable bonds is 4. The zero-order valence-electron chi connectivity index (χ0n) is 17.3. The fourth-order valence-electron chi connectivity index (χ4n) is 4.01. The van der Waals surface area contributed by atoms with E-state index in [0.29, 0.717) is 10.7 Å². The number of H-pyrrole nitrogens is 2. The molecule has 1 aliphatic rings. The SMILES string of the molecule is CC(=O)c1ccc(-c2nccc3[nH]c(-c4n[nH]c5cnc(C6=CCNCC6)cc45)nc23)s1. The molecule has 0 fully saturated rings. The van der Waals surface area contributed by atoms with Gasteiger partial charge in [0.05, 0.1) is 32.7 Å². The molecule has 0 saturated carbocycles. The van der Waals surface area contributed by atoms with Crippen LogP contribution in [0.15, 0.2) is 42.7 Å². The number of carbonyl (C=O) groups is 1. The number of aromatic nitrogens is 6. The van der Waals surface area contributed by atoms with E-state index in [0.717, 1.165) is 63.4 Å². The number of nitrogens with zero attached hydrogens (tertiary/aromatic N) is 4. The highest BCUT2D eigenvalue weighted by molar-refractivity contribution is 7.17. The van der Waals surface area contributed by atoms with Gasteiger partial charge in [0.15, 0.2) is 11.6 Å². The molecule has 6 heterocycles. The maximum atomic E-state index is 11.7. The van der Waals surface area contributed by atoms with Crippen molar-refractivity contribution in [1.82, 2.24) is 35.5 Å². The molecule has 8 nitrogen and oxygen atoms in total. The van der Waals surface area contributed by atoms with Gasteiger partial charge in [0, 0.05) is 18.1 Å². The van der Waals surface area contributed by atoms with Gasteiger partial charge in [-0.05, 0) is 49.7 Å². The summed E-state index contributed by atoms with van der Waals surface area (Å²) in [6.07, 6.45) is 6.72. The molecule has 0 atom stereocenters. The summed E-state index contributed by atoms with van der Waals surface area (Å²) < 4.78 is 0. The van der Waals surface area contributed by atoms with Gasteiger partial charge >= 0.3 is 0 Å². The Kier molecular flexibility index (Phi) is 4.44. The summed E-state index contributed by atoms with van der Waals surface area (Å²) in [5, 5.41) is 11.9. The Hall–Kier alpha value is -3.69. The van der Waals surface area contributed by atoms with Crippen LogP contribution in [0.2, 0.25) is 0 Å². The third-order valence-corrected chi connectivity index (χ3v) is 6.84. The maximum Gasteiger partial charge on any atom is 0.169 e. The van der Waals surface area contributed by atoms with Gasteiger partial charge in [0.25, 0.3) is 0 Å². The van der Waals surface area contributed by atoms with Crippen molar-refractivity contribution in [1.29, 1.82) is 0 Å². The van der Waals surface area contributed by atoms with Crippen molar-refractivity contribution in [3.05, 3.63) is 53.3 Å².